The van der Waals surface area contributed by atoms with E-state index < -0.39 is 5.97 Å². The van der Waals surface area contributed by atoms with Crippen LogP contribution in [0.25, 0.3) is 21.9 Å². The van der Waals surface area contributed by atoms with E-state index in [2.05, 4.69) is 4.98 Å². The fraction of sp³-hybridized carbons (Fsp3) is 0.0588. The van der Waals surface area contributed by atoms with Gasteiger partial charge in [0.15, 0.2) is 0 Å². The molecule has 0 unspecified atom stereocenters. The van der Waals surface area contributed by atoms with Crippen molar-refractivity contribution in [1.82, 2.24) is 4.98 Å². The zero-order valence-corrected chi connectivity index (χ0v) is 11.0. The minimum absolute atomic E-state index is 0.336. The third-order valence-electron chi connectivity index (χ3n) is 3.54. The van der Waals surface area contributed by atoms with Gasteiger partial charge in [-0.3, -0.25) is 4.98 Å². The van der Waals surface area contributed by atoms with E-state index in [0.717, 1.165) is 27.5 Å². The molecule has 0 spiro atoms. The maximum atomic E-state index is 11.3. The van der Waals surface area contributed by atoms with Crippen LogP contribution in [-0.2, 0) is 0 Å². The summed E-state index contributed by atoms with van der Waals surface area (Å²) in [5, 5.41) is 11.4. The fourth-order valence-corrected chi connectivity index (χ4v) is 2.51. The second-order valence-electron chi connectivity index (χ2n) is 4.69. The molecule has 1 aromatic heterocycles. The van der Waals surface area contributed by atoms with Crippen LogP contribution in [0.5, 0.6) is 0 Å². The molecular formula is C17H13NO2. The lowest BCUT2D eigenvalue weighted by molar-refractivity contribution is 0.0696. The van der Waals surface area contributed by atoms with Gasteiger partial charge in [0.05, 0.1) is 5.56 Å². The summed E-state index contributed by atoms with van der Waals surface area (Å²) in [6.07, 6.45) is 3.57. The molecule has 0 radical (unpaired) electrons. The Balaban J connectivity index is 2.32. The average molecular weight is 263 g/mol. The highest BCUT2D eigenvalue weighted by Gasteiger charge is 2.12. The third-order valence-corrected chi connectivity index (χ3v) is 3.54. The molecule has 0 aliphatic heterocycles. The molecule has 20 heavy (non-hydrogen) atoms. The Morgan fingerprint density at radius 1 is 1.05 bits per heavy atom. The van der Waals surface area contributed by atoms with Gasteiger partial charge >= 0.3 is 5.97 Å². The van der Waals surface area contributed by atoms with Crippen LogP contribution in [0.2, 0.25) is 0 Å². The Morgan fingerprint density at radius 3 is 2.60 bits per heavy atom. The van der Waals surface area contributed by atoms with Crippen molar-refractivity contribution in [3.63, 3.8) is 0 Å². The van der Waals surface area contributed by atoms with Gasteiger partial charge in [-0.05, 0) is 41.1 Å². The van der Waals surface area contributed by atoms with Crippen molar-refractivity contribution in [3.05, 3.63) is 66.0 Å². The SMILES string of the molecule is Cc1c(C(=O)O)cccc1-c1cccc2ccncc12. The quantitative estimate of drug-likeness (QED) is 0.762. The van der Waals surface area contributed by atoms with Crippen molar-refractivity contribution in [2.75, 3.05) is 0 Å². The van der Waals surface area contributed by atoms with Crippen molar-refractivity contribution in [2.24, 2.45) is 0 Å². The zero-order chi connectivity index (χ0) is 14.1. The van der Waals surface area contributed by atoms with Gasteiger partial charge in [-0.25, -0.2) is 4.79 Å². The van der Waals surface area contributed by atoms with Gasteiger partial charge in [-0.15, -0.1) is 0 Å². The third kappa shape index (κ3) is 1.93. The molecule has 1 heterocycles. The molecule has 3 heteroatoms. The number of carboxylic acids is 1. The first kappa shape index (κ1) is 12.4. The summed E-state index contributed by atoms with van der Waals surface area (Å²) in [6, 6.07) is 13.3. The molecule has 2 aromatic carbocycles. The van der Waals surface area contributed by atoms with Gasteiger partial charge in [0.25, 0.3) is 0 Å². The lowest BCUT2D eigenvalue weighted by Gasteiger charge is -2.11. The fourth-order valence-electron chi connectivity index (χ4n) is 2.51. The van der Waals surface area contributed by atoms with E-state index in [4.69, 9.17) is 0 Å². The second kappa shape index (κ2) is 4.78. The van der Waals surface area contributed by atoms with Crippen molar-refractivity contribution < 1.29 is 9.90 Å². The average Bonchev–Trinajstić information content (AvgIpc) is 2.47. The summed E-state index contributed by atoms with van der Waals surface area (Å²) in [5.41, 5.74) is 3.06. The van der Waals surface area contributed by atoms with Crippen LogP contribution in [0.3, 0.4) is 0 Å². The first-order chi connectivity index (χ1) is 9.68. The predicted octanol–water partition coefficient (Wildman–Crippen LogP) is 3.91. The molecule has 0 amide bonds. The van der Waals surface area contributed by atoms with E-state index in [1.54, 1.807) is 18.3 Å². The number of carbonyl (C=O) groups is 1. The number of pyridine rings is 1. The number of benzene rings is 2. The predicted molar refractivity (Wildman–Crippen MR) is 78.9 cm³/mol. The maximum absolute atomic E-state index is 11.3. The highest BCUT2D eigenvalue weighted by Crippen LogP contribution is 2.31. The highest BCUT2D eigenvalue weighted by atomic mass is 16.4. The topological polar surface area (TPSA) is 50.2 Å². The number of nitrogens with zero attached hydrogens (tertiary/aromatic N) is 1. The van der Waals surface area contributed by atoms with Gasteiger partial charge in [-0.1, -0.05) is 30.3 Å². The summed E-state index contributed by atoms with van der Waals surface area (Å²) in [7, 11) is 0. The van der Waals surface area contributed by atoms with E-state index in [1.807, 2.05) is 43.5 Å². The molecule has 1 N–H and O–H groups in total. The van der Waals surface area contributed by atoms with Crippen LogP contribution >= 0.6 is 0 Å². The van der Waals surface area contributed by atoms with E-state index >= 15 is 0 Å². The van der Waals surface area contributed by atoms with Crippen LogP contribution in [0, 0.1) is 6.92 Å². The molecule has 0 aliphatic carbocycles. The Hall–Kier alpha value is -2.68. The van der Waals surface area contributed by atoms with Crippen LogP contribution in [0.15, 0.2) is 54.9 Å². The zero-order valence-electron chi connectivity index (χ0n) is 11.0. The summed E-state index contributed by atoms with van der Waals surface area (Å²) in [5.74, 6) is -0.900. The van der Waals surface area contributed by atoms with Crippen LogP contribution in [0.1, 0.15) is 15.9 Å². The number of rotatable bonds is 2. The Morgan fingerprint density at radius 2 is 1.80 bits per heavy atom. The summed E-state index contributed by atoms with van der Waals surface area (Å²) >= 11 is 0. The summed E-state index contributed by atoms with van der Waals surface area (Å²) in [4.78, 5) is 15.4. The molecule has 3 rings (SSSR count). The number of hydrogen-bond acceptors (Lipinski definition) is 2. The Bertz CT molecular complexity index is 804. The molecule has 3 aromatic rings. The second-order valence-corrected chi connectivity index (χ2v) is 4.69. The molecule has 0 saturated heterocycles. The van der Waals surface area contributed by atoms with Crippen LogP contribution < -0.4 is 0 Å². The Kier molecular flexibility index (Phi) is 2.95. The number of carboxylic acid groups (broad SMARTS) is 1. The molecule has 98 valence electrons. The summed E-state index contributed by atoms with van der Waals surface area (Å²) in [6.45, 7) is 1.84. The van der Waals surface area contributed by atoms with Gasteiger partial charge in [0.2, 0.25) is 0 Å². The van der Waals surface area contributed by atoms with Gasteiger partial charge in [0, 0.05) is 17.8 Å². The van der Waals surface area contributed by atoms with Crippen LogP contribution in [-0.4, -0.2) is 16.1 Å². The van der Waals surface area contributed by atoms with Crippen LogP contribution in [0.4, 0.5) is 0 Å². The minimum Gasteiger partial charge on any atom is -0.478 e. The summed E-state index contributed by atoms with van der Waals surface area (Å²) < 4.78 is 0. The molecule has 0 fully saturated rings. The van der Waals surface area contributed by atoms with E-state index in [9.17, 15) is 9.90 Å². The first-order valence-corrected chi connectivity index (χ1v) is 6.34. The lowest BCUT2D eigenvalue weighted by atomic mass is 9.93. The van der Waals surface area contributed by atoms with E-state index in [-0.39, 0.29) is 0 Å². The molecule has 0 aliphatic rings. The van der Waals surface area contributed by atoms with Gasteiger partial charge in [0.1, 0.15) is 0 Å². The van der Waals surface area contributed by atoms with Crippen molar-refractivity contribution in [3.8, 4) is 11.1 Å². The van der Waals surface area contributed by atoms with E-state index in [1.165, 1.54) is 0 Å². The monoisotopic (exact) mass is 263 g/mol. The lowest BCUT2D eigenvalue weighted by Crippen LogP contribution is -2.00. The molecular weight excluding hydrogens is 250 g/mol. The smallest absolute Gasteiger partial charge is 0.335 e. The number of fused-ring (bicyclic) bond motifs is 1. The van der Waals surface area contributed by atoms with Gasteiger partial charge < -0.3 is 5.11 Å². The normalized spacial score (nSPS) is 10.7. The van der Waals surface area contributed by atoms with Crippen molar-refractivity contribution in [2.45, 2.75) is 6.92 Å². The molecule has 0 bridgehead atoms. The molecule has 0 saturated carbocycles. The highest BCUT2D eigenvalue weighted by molar-refractivity contribution is 5.99. The Labute approximate surface area is 116 Å². The number of hydrogen-bond donors (Lipinski definition) is 1. The van der Waals surface area contributed by atoms with E-state index in [0.29, 0.717) is 5.56 Å². The van der Waals surface area contributed by atoms with Gasteiger partial charge in [-0.2, -0.15) is 0 Å². The molecule has 0 atom stereocenters. The standard InChI is InChI=1S/C17H13NO2/c1-11-13(5-3-6-14(11)17(19)20)15-7-2-4-12-8-9-18-10-16(12)15/h2-10H,1H3,(H,19,20). The minimum atomic E-state index is -0.900. The first-order valence-electron chi connectivity index (χ1n) is 6.34. The van der Waals surface area contributed by atoms with Crippen molar-refractivity contribution in [1.29, 1.82) is 0 Å². The number of aromatic nitrogens is 1. The van der Waals surface area contributed by atoms with Crippen molar-refractivity contribution >= 4 is 16.7 Å². The number of aromatic carboxylic acids is 1. The molecule has 3 nitrogen and oxygen atoms in total. The largest absolute Gasteiger partial charge is 0.478 e. The maximum Gasteiger partial charge on any atom is 0.335 e.